The van der Waals surface area contributed by atoms with Crippen LogP contribution in [-0.2, 0) is 4.74 Å². The number of rotatable bonds is 3. The average molecular weight is 423 g/mol. The van der Waals surface area contributed by atoms with Crippen LogP contribution in [0.2, 0.25) is 0 Å². The van der Waals surface area contributed by atoms with E-state index in [1.54, 1.807) is 0 Å². The van der Waals surface area contributed by atoms with E-state index in [4.69, 9.17) is 4.74 Å². The van der Waals surface area contributed by atoms with Crippen LogP contribution in [0.5, 0.6) is 0 Å². The molecular weight excluding hydrogens is 401 g/mol. The summed E-state index contributed by atoms with van der Waals surface area (Å²) in [5.74, 6) is 3.25. The average Bonchev–Trinajstić information content (AvgIpc) is 2.87. The minimum Gasteiger partial charge on any atom is -0.375 e. The summed E-state index contributed by atoms with van der Waals surface area (Å²) >= 11 is 6.36. The Bertz CT molecular complexity index is 439. The highest BCUT2D eigenvalue weighted by atomic mass is 127. The van der Waals surface area contributed by atoms with Crippen molar-refractivity contribution in [2.75, 3.05) is 25.2 Å². The Morgan fingerprint density at radius 3 is 2.90 bits per heavy atom. The summed E-state index contributed by atoms with van der Waals surface area (Å²) in [5.41, 5.74) is 1.65. The Hall–Kier alpha value is 0.700. The number of nitrogens with one attached hydrogen (secondary N) is 1. The molecule has 0 aliphatic carbocycles. The van der Waals surface area contributed by atoms with Crippen LogP contribution in [0, 0.1) is 8.80 Å². The van der Waals surface area contributed by atoms with Crippen LogP contribution in [0.3, 0.4) is 0 Å². The summed E-state index contributed by atoms with van der Waals surface area (Å²) in [6.45, 7) is 0.939. The van der Waals surface area contributed by atoms with Crippen LogP contribution in [0.4, 0.5) is 0 Å². The maximum absolute atomic E-state index is 6.23. The van der Waals surface area contributed by atoms with Crippen molar-refractivity contribution in [3.8, 4) is 0 Å². The molecule has 2 fully saturated rings. The van der Waals surface area contributed by atoms with Crippen molar-refractivity contribution in [3.63, 3.8) is 0 Å². The number of halogens is 1. The van der Waals surface area contributed by atoms with E-state index in [1.807, 2.05) is 11.3 Å². The van der Waals surface area contributed by atoms with E-state index in [-0.39, 0.29) is 5.60 Å². The maximum atomic E-state index is 6.23. The molecule has 1 N–H and O–H groups in total. The monoisotopic (exact) mass is 423 g/mol. The Balaban J connectivity index is 1.74. The quantitative estimate of drug-likeness (QED) is 0.733. The molecule has 0 amide bonds. The van der Waals surface area contributed by atoms with Gasteiger partial charge in [-0.3, -0.25) is 0 Å². The second kappa shape index (κ2) is 6.86. The van der Waals surface area contributed by atoms with E-state index >= 15 is 0 Å². The molecule has 2 nitrogen and oxygen atoms in total. The molecule has 0 radical (unpaired) electrons. The summed E-state index contributed by atoms with van der Waals surface area (Å²) in [7, 11) is 2.11. The van der Waals surface area contributed by atoms with E-state index in [2.05, 4.69) is 58.2 Å². The van der Waals surface area contributed by atoms with E-state index < -0.39 is 0 Å². The molecule has 112 valence electrons. The minimum atomic E-state index is 0.187. The number of ether oxygens (including phenoxy) is 1. The first-order valence-electron chi connectivity index (χ1n) is 7.35. The van der Waals surface area contributed by atoms with Gasteiger partial charge in [-0.1, -0.05) is 0 Å². The third-order valence-electron chi connectivity index (χ3n) is 4.66. The third kappa shape index (κ3) is 3.37. The molecule has 0 saturated carbocycles. The number of thiophene rings is 1. The van der Waals surface area contributed by atoms with Gasteiger partial charge in [0.1, 0.15) is 0 Å². The lowest BCUT2D eigenvalue weighted by Crippen LogP contribution is -2.45. The van der Waals surface area contributed by atoms with E-state index in [0.29, 0.717) is 12.0 Å². The highest BCUT2D eigenvalue weighted by molar-refractivity contribution is 14.1. The standard InChI is InChI=1S/C15H22INOS2/c1-17-14(12-8-13(16)20-10-12)11-2-5-18-15(9-11)3-6-19-7-4-15/h8,10-11,14,17H,2-7,9H2,1H3. The zero-order valence-corrected chi connectivity index (χ0v) is 15.7. The molecule has 20 heavy (non-hydrogen) atoms. The fourth-order valence-electron chi connectivity index (χ4n) is 3.60. The van der Waals surface area contributed by atoms with Gasteiger partial charge < -0.3 is 10.1 Å². The summed E-state index contributed by atoms with van der Waals surface area (Å²) in [4.78, 5) is 0. The van der Waals surface area contributed by atoms with Crippen molar-refractivity contribution in [1.29, 1.82) is 0 Å². The normalized spacial score (nSPS) is 27.6. The lowest BCUT2D eigenvalue weighted by Gasteiger charge is -2.45. The van der Waals surface area contributed by atoms with Crippen LogP contribution < -0.4 is 5.32 Å². The highest BCUT2D eigenvalue weighted by Crippen LogP contribution is 2.43. The van der Waals surface area contributed by atoms with Gasteiger partial charge in [0.25, 0.3) is 0 Å². The van der Waals surface area contributed by atoms with Gasteiger partial charge in [-0.15, -0.1) is 11.3 Å². The Morgan fingerprint density at radius 1 is 1.45 bits per heavy atom. The summed E-state index contributed by atoms with van der Waals surface area (Å²) < 4.78 is 7.62. The molecule has 5 heteroatoms. The Kier molecular flexibility index (Phi) is 5.34. The lowest BCUT2D eigenvalue weighted by atomic mass is 9.77. The first kappa shape index (κ1) is 15.6. The van der Waals surface area contributed by atoms with Crippen molar-refractivity contribution in [2.45, 2.75) is 37.3 Å². The maximum Gasteiger partial charge on any atom is 0.0701 e. The molecular formula is C15H22INOS2. The molecule has 0 aromatic carbocycles. The molecule has 2 atom stereocenters. The molecule has 2 aliphatic heterocycles. The van der Waals surface area contributed by atoms with Crippen LogP contribution in [0.1, 0.15) is 37.3 Å². The van der Waals surface area contributed by atoms with Crippen molar-refractivity contribution >= 4 is 45.7 Å². The van der Waals surface area contributed by atoms with Gasteiger partial charge in [0.15, 0.2) is 0 Å². The molecule has 2 aliphatic rings. The van der Waals surface area contributed by atoms with Gasteiger partial charge in [-0.2, -0.15) is 11.8 Å². The van der Waals surface area contributed by atoms with Crippen molar-refractivity contribution < 1.29 is 4.74 Å². The smallest absolute Gasteiger partial charge is 0.0701 e. The van der Waals surface area contributed by atoms with Gasteiger partial charge in [0.05, 0.1) is 8.48 Å². The van der Waals surface area contributed by atoms with Gasteiger partial charge in [0, 0.05) is 12.6 Å². The topological polar surface area (TPSA) is 21.3 Å². The van der Waals surface area contributed by atoms with Crippen molar-refractivity contribution in [1.82, 2.24) is 5.32 Å². The van der Waals surface area contributed by atoms with Gasteiger partial charge in [-0.05, 0) is 89.8 Å². The van der Waals surface area contributed by atoms with Gasteiger partial charge in [-0.25, -0.2) is 0 Å². The summed E-state index contributed by atoms with van der Waals surface area (Å²) in [6.07, 6.45) is 4.90. The van der Waals surface area contributed by atoms with Crippen LogP contribution in [0.15, 0.2) is 11.4 Å². The van der Waals surface area contributed by atoms with Crippen LogP contribution >= 0.6 is 45.7 Å². The van der Waals surface area contributed by atoms with Gasteiger partial charge >= 0.3 is 0 Å². The minimum absolute atomic E-state index is 0.187. The second-order valence-corrected chi connectivity index (χ2v) is 9.88. The first-order valence-corrected chi connectivity index (χ1v) is 10.5. The molecule has 3 rings (SSSR count). The first-order chi connectivity index (χ1) is 9.72. The second-order valence-electron chi connectivity index (χ2n) is 5.85. The van der Waals surface area contributed by atoms with Crippen molar-refractivity contribution in [2.24, 2.45) is 5.92 Å². The molecule has 1 aromatic heterocycles. The van der Waals surface area contributed by atoms with Gasteiger partial charge in [0.2, 0.25) is 0 Å². The summed E-state index contributed by atoms with van der Waals surface area (Å²) in [6, 6.07) is 2.83. The zero-order valence-electron chi connectivity index (χ0n) is 11.9. The largest absolute Gasteiger partial charge is 0.375 e. The highest BCUT2D eigenvalue weighted by Gasteiger charge is 2.41. The zero-order chi connectivity index (χ0) is 14.0. The van der Waals surface area contributed by atoms with Crippen LogP contribution in [0.25, 0.3) is 0 Å². The predicted octanol–water partition coefficient (Wildman–Crippen LogP) is 4.31. The molecule has 1 aromatic rings. The van der Waals surface area contributed by atoms with Crippen molar-refractivity contribution in [3.05, 3.63) is 19.9 Å². The fourth-order valence-corrected chi connectivity index (χ4v) is 6.25. The third-order valence-corrected chi connectivity index (χ3v) is 7.46. The fraction of sp³-hybridized carbons (Fsp3) is 0.733. The summed E-state index contributed by atoms with van der Waals surface area (Å²) in [5, 5.41) is 5.89. The Morgan fingerprint density at radius 2 is 2.25 bits per heavy atom. The SMILES string of the molecule is CNC(c1csc(I)c1)C1CCOC2(CCSCC2)C1. The Labute approximate surface area is 143 Å². The number of thioether (sulfide) groups is 1. The number of hydrogen-bond donors (Lipinski definition) is 1. The lowest BCUT2D eigenvalue weighted by molar-refractivity contribution is -0.107. The number of hydrogen-bond acceptors (Lipinski definition) is 4. The molecule has 2 saturated heterocycles. The van der Waals surface area contributed by atoms with E-state index in [0.717, 1.165) is 6.61 Å². The van der Waals surface area contributed by atoms with E-state index in [9.17, 15) is 0 Å². The molecule has 1 spiro atoms. The predicted molar refractivity (Wildman–Crippen MR) is 96.8 cm³/mol. The molecule has 2 unspecified atom stereocenters. The molecule has 3 heterocycles. The van der Waals surface area contributed by atoms with Crippen LogP contribution in [-0.4, -0.2) is 30.8 Å². The van der Waals surface area contributed by atoms with E-state index in [1.165, 1.54) is 45.6 Å². The molecule has 0 bridgehead atoms.